The molecule has 0 fully saturated rings. The molecule has 114 valence electrons. The Hall–Kier alpha value is -2.01. The Morgan fingerprint density at radius 3 is 2.38 bits per heavy atom. The van der Waals surface area contributed by atoms with Crippen molar-refractivity contribution in [3.05, 3.63) is 47.2 Å². The van der Waals surface area contributed by atoms with E-state index < -0.39 is 0 Å². The molecule has 0 bridgehead atoms. The number of halogens is 1. The Morgan fingerprint density at radius 2 is 1.86 bits per heavy atom. The number of aryl methyl sites for hydroxylation is 1. The number of hydrogen-bond acceptors (Lipinski definition) is 4. The summed E-state index contributed by atoms with van der Waals surface area (Å²) in [4.78, 5) is 0. The monoisotopic (exact) mass is 293 g/mol. The van der Waals surface area contributed by atoms with Gasteiger partial charge in [-0.15, -0.1) is 0 Å². The number of furan rings is 1. The number of benzene rings is 1. The summed E-state index contributed by atoms with van der Waals surface area (Å²) in [6, 6.07) is 6.30. The van der Waals surface area contributed by atoms with Crippen LogP contribution in [0.2, 0.25) is 0 Å². The first-order valence-corrected chi connectivity index (χ1v) is 6.81. The van der Waals surface area contributed by atoms with Gasteiger partial charge in [-0.3, -0.25) is 0 Å². The highest BCUT2D eigenvalue weighted by atomic mass is 19.1. The van der Waals surface area contributed by atoms with E-state index in [9.17, 15) is 4.39 Å². The lowest BCUT2D eigenvalue weighted by atomic mass is 10.0. The number of hydrogen-bond donors (Lipinski definition) is 1. The number of ether oxygens (including phenoxy) is 2. The molecule has 2 aromatic rings. The fourth-order valence-corrected chi connectivity index (χ4v) is 2.27. The Bertz CT molecular complexity index is 610. The van der Waals surface area contributed by atoms with Crippen molar-refractivity contribution in [1.29, 1.82) is 0 Å². The second-order valence-electron chi connectivity index (χ2n) is 4.67. The van der Waals surface area contributed by atoms with Crippen molar-refractivity contribution >= 4 is 0 Å². The van der Waals surface area contributed by atoms with Crippen LogP contribution in [0.5, 0.6) is 11.5 Å². The lowest BCUT2D eigenvalue weighted by molar-refractivity contribution is 0.349. The highest BCUT2D eigenvalue weighted by molar-refractivity contribution is 5.46. The first-order valence-electron chi connectivity index (χ1n) is 6.81. The van der Waals surface area contributed by atoms with E-state index in [1.807, 2.05) is 26.0 Å². The van der Waals surface area contributed by atoms with Crippen LogP contribution >= 0.6 is 0 Å². The van der Waals surface area contributed by atoms with Crippen LogP contribution in [0.4, 0.5) is 4.39 Å². The summed E-state index contributed by atoms with van der Waals surface area (Å²) in [6.45, 7) is 4.50. The zero-order valence-corrected chi connectivity index (χ0v) is 12.7. The maximum absolute atomic E-state index is 14.4. The molecule has 4 nitrogen and oxygen atoms in total. The van der Waals surface area contributed by atoms with Crippen LogP contribution in [0.1, 0.15) is 30.0 Å². The van der Waals surface area contributed by atoms with Gasteiger partial charge < -0.3 is 19.2 Å². The molecule has 1 aromatic heterocycles. The molecule has 0 aliphatic rings. The Morgan fingerprint density at radius 1 is 1.19 bits per heavy atom. The van der Waals surface area contributed by atoms with Gasteiger partial charge in [-0.05, 0) is 31.7 Å². The standard InChI is InChI=1S/C16H20FNO3/c1-5-18-16(13-7-6-10(2)21-13)11-8-14(19-3)15(20-4)9-12(11)17/h6-9,16,18H,5H2,1-4H3. The molecule has 0 saturated heterocycles. The fraction of sp³-hybridized carbons (Fsp3) is 0.375. The number of rotatable bonds is 6. The zero-order valence-electron chi connectivity index (χ0n) is 12.7. The van der Waals surface area contributed by atoms with E-state index in [2.05, 4.69) is 5.32 Å². The summed E-state index contributed by atoms with van der Waals surface area (Å²) in [7, 11) is 3.01. The van der Waals surface area contributed by atoms with Gasteiger partial charge in [0.25, 0.3) is 0 Å². The van der Waals surface area contributed by atoms with Crippen molar-refractivity contribution < 1.29 is 18.3 Å². The normalized spacial score (nSPS) is 12.2. The van der Waals surface area contributed by atoms with Crippen molar-refractivity contribution in [3.63, 3.8) is 0 Å². The summed E-state index contributed by atoms with van der Waals surface area (Å²) in [6.07, 6.45) is 0. The first-order chi connectivity index (χ1) is 10.1. The van der Waals surface area contributed by atoms with Crippen LogP contribution in [-0.2, 0) is 0 Å². The van der Waals surface area contributed by atoms with Gasteiger partial charge in [0.2, 0.25) is 0 Å². The Kier molecular flexibility index (Phi) is 4.85. The van der Waals surface area contributed by atoms with Crippen molar-refractivity contribution in [3.8, 4) is 11.5 Å². The topological polar surface area (TPSA) is 43.6 Å². The van der Waals surface area contributed by atoms with Crippen LogP contribution in [0.3, 0.4) is 0 Å². The third-order valence-electron chi connectivity index (χ3n) is 3.27. The predicted molar refractivity (Wildman–Crippen MR) is 78.5 cm³/mol. The Labute approximate surface area is 123 Å². The molecule has 0 spiro atoms. The summed E-state index contributed by atoms with van der Waals surface area (Å²) in [5.41, 5.74) is 0.462. The third-order valence-corrected chi connectivity index (χ3v) is 3.27. The van der Waals surface area contributed by atoms with E-state index in [1.54, 1.807) is 6.07 Å². The van der Waals surface area contributed by atoms with Crippen LogP contribution in [0.15, 0.2) is 28.7 Å². The molecule has 0 saturated carbocycles. The van der Waals surface area contributed by atoms with E-state index in [-0.39, 0.29) is 11.9 Å². The van der Waals surface area contributed by atoms with E-state index in [0.717, 1.165) is 5.76 Å². The molecule has 1 unspecified atom stereocenters. The SMILES string of the molecule is CCNC(c1ccc(C)o1)c1cc(OC)c(OC)cc1F. The predicted octanol–water partition coefficient (Wildman–Crippen LogP) is 3.44. The van der Waals surface area contributed by atoms with Gasteiger partial charge in [0.1, 0.15) is 17.3 Å². The molecule has 1 atom stereocenters. The maximum Gasteiger partial charge on any atom is 0.163 e. The molecule has 0 aliphatic carbocycles. The fourth-order valence-electron chi connectivity index (χ4n) is 2.27. The summed E-state index contributed by atoms with van der Waals surface area (Å²) in [5, 5.41) is 3.23. The lowest BCUT2D eigenvalue weighted by Gasteiger charge is -2.19. The minimum absolute atomic E-state index is 0.365. The van der Waals surface area contributed by atoms with Crippen molar-refractivity contribution in [1.82, 2.24) is 5.32 Å². The van der Waals surface area contributed by atoms with E-state index in [0.29, 0.717) is 29.4 Å². The van der Waals surface area contributed by atoms with Gasteiger partial charge in [0.15, 0.2) is 11.5 Å². The van der Waals surface area contributed by atoms with Crippen molar-refractivity contribution in [2.75, 3.05) is 20.8 Å². The van der Waals surface area contributed by atoms with E-state index in [4.69, 9.17) is 13.9 Å². The summed E-state index contributed by atoms with van der Waals surface area (Å²) >= 11 is 0. The molecule has 1 aromatic carbocycles. The largest absolute Gasteiger partial charge is 0.493 e. The lowest BCUT2D eigenvalue weighted by Crippen LogP contribution is -2.22. The molecule has 21 heavy (non-hydrogen) atoms. The highest BCUT2D eigenvalue weighted by Crippen LogP contribution is 2.35. The average Bonchev–Trinajstić information content (AvgIpc) is 2.91. The zero-order chi connectivity index (χ0) is 15.4. The molecule has 5 heteroatoms. The average molecular weight is 293 g/mol. The second kappa shape index (κ2) is 6.63. The molecule has 0 amide bonds. The number of methoxy groups -OCH3 is 2. The van der Waals surface area contributed by atoms with Crippen molar-refractivity contribution in [2.45, 2.75) is 19.9 Å². The third kappa shape index (κ3) is 3.19. The minimum Gasteiger partial charge on any atom is -0.493 e. The second-order valence-corrected chi connectivity index (χ2v) is 4.67. The van der Waals surface area contributed by atoms with Crippen molar-refractivity contribution in [2.24, 2.45) is 0 Å². The van der Waals surface area contributed by atoms with Gasteiger partial charge in [-0.25, -0.2) is 4.39 Å². The molecule has 0 aliphatic heterocycles. The van der Waals surface area contributed by atoms with Crippen LogP contribution in [0, 0.1) is 12.7 Å². The Balaban J connectivity index is 2.49. The van der Waals surface area contributed by atoms with Crippen LogP contribution in [-0.4, -0.2) is 20.8 Å². The smallest absolute Gasteiger partial charge is 0.163 e. The molecular formula is C16H20FNO3. The maximum atomic E-state index is 14.4. The van der Waals surface area contributed by atoms with Crippen LogP contribution < -0.4 is 14.8 Å². The quantitative estimate of drug-likeness (QED) is 0.886. The number of nitrogens with one attached hydrogen (secondary N) is 1. The first kappa shape index (κ1) is 15.4. The molecular weight excluding hydrogens is 273 g/mol. The van der Waals surface area contributed by atoms with E-state index in [1.165, 1.54) is 20.3 Å². The summed E-state index contributed by atoms with van der Waals surface area (Å²) in [5.74, 6) is 1.94. The van der Waals surface area contributed by atoms with Gasteiger partial charge in [-0.2, -0.15) is 0 Å². The highest BCUT2D eigenvalue weighted by Gasteiger charge is 2.22. The molecule has 0 radical (unpaired) electrons. The van der Waals surface area contributed by atoms with Gasteiger partial charge >= 0.3 is 0 Å². The van der Waals surface area contributed by atoms with Gasteiger partial charge in [0.05, 0.1) is 20.3 Å². The van der Waals surface area contributed by atoms with E-state index >= 15 is 0 Å². The molecule has 1 N–H and O–H groups in total. The summed E-state index contributed by atoms with van der Waals surface area (Å²) < 4.78 is 30.4. The minimum atomic E-state index is -0.372. The molecule has 1 heterocycles. The van der Waals surface area contributed by atoms with Gasteiger partial charge in [-0.1, -0.05) is 6.92 Å². The molecule has 2 rings (SSSR count). The van der Waals surface area contributed by atoms with Crippen LogP contribution in [0.25, 0.3) is 0 Å². The van der Waals surface area contributed by atoms with Gasteiger partial charge in [0, 0.05) is 11.6 Å².